The minimum Gasteiger partial charge on any atom is -0.351 e. The fraction of sp³-hybridized carbons (Fsp3) is 0.615. The van der Waals surface area contributed by atoms with Crippen molar-refractivity contribution in [1.29, 1.82) is 0 Å². The van der Waals surface area contributed by atoms with E-state index in [1.54, 1.807) is 11.8 Å². The fourth-order valence-corrected chi connectivity index (χ4v) is 7.19. The molecule has 2 heterocycles. The van der Waals surface area contributed by atoms with E-state index < -0.39 is 6.04 Å². The number of nitrogens with zero attached hydrogens (tertiary/aromatic N) is 2. The van der Waals surface area contributed by atoms with Gasteiger partial charge in [0, 0.05) is 34.9 Å². The zero-order valence-corrected chi connectivity index (χ0v) is 20.0. The third-order valence-corrected chi connectivity index (χ3v) is 8.80. The molecule has 2 aliphatic carbocycles. The second-order valence-electron chi connectivity index (χ2n) is 9.77. The maximum atomic E-state index is 14.0. The number of nitrogens with one attached hydrogen (secondary N) is 1. The largest absolute Gasteiger partial charge is 0.351 e. The van der Waals surface area contributed by atoms with E-state index in [-0.39, 0.29) is 23.9 Å². The van der Waals surface area contributed by atoms with Crippen molar-refractivity contribution in [3.05, 3.63) is 30.0 Å². The molecule has 0 spiro atoms. The van der Waals surface area contributed by atoms with Crippen LogP contribution in [0.25, 0.3) is 10.9 Å². The first-order valence-electron chi connectivity index (χ1n) is 12.5. The Morgan fingerprint density at radius 1 is 0.969 bits per heavy atom. The molecule has 1 atom stereocenters. The average Bonchev–Trinajstić information content (AvgIpc) is 3.00. The van der Waals surface area contributed by atoms with Gasteiger partial charge < -0.3 is 14.8 Å². The summed E-state index contributed by atoms with van der Waals surface area (Å²) in [4.78, 5) is 30.6. The van der Waals surface area contributed by atoms with E-state index in [2.05, 4.69) is 41.2 Å². The van der Waals surface area contributed by atoms with Crippen LogP contribution in [0.15, 0.2) is 29.2 Å². The van der Waals surface area contributed by atoms with Crippen LogP contribution < -0.4 is 5.32 Å². The van der Waals surface area contributed by atoms with Gasteiger partial charge in [-0.2, -0.15) is 0 Å². The summed E-state index contributed by atoms with van der Waals surface area (Å²) in [6.45, 7) is 0. The molecule has 6 heteroatoms. The van der Waals surface area contributed by atoms with Crippen molar-refractivity contribution in [1.82, 2.24) is 14.8 Å². The van der Waals surface area contributed by atoms with Crippen LogP contribution in [0.1, 0.15) is 82.4 Å². The first-order chi connectivity index (χ1) is 15.6. The Labute approximate surface area is 195 Å². The molecule has 2 amide bonds. The number of amides is 2. The van der Waals surface area contributed by atoms with Gasteiger partial charge in [0.05, 0.1) is 11.4 Å². The molecule has 1 N–H and O–H groups in total. The fourth-order valence-electron chi connectivity index (χ4n) is 6.05. The molecule has 0 saturated heterocycles. The Bertz CT molecular complexity index is 986. The predicted molar refractivity (Wildman–Crippen MR) is 130 cm³/mol. The number of aryl methyl sites for hydroxylation is 1. The van der Waals surface area contributed by atoms with E-state index in [9.17, 15) is 9.59 Å². The second-order valence-corrected chi connectivity index (χ2v) is 10.8. The van der Waals surface area contributed by atoms with Crippen molar-refractivity contribution in [2.24, 2.45) is 7.05 Å². The first kappa shape index (κ1) is 21.9. The zero-order chi connectivity index (χ0) is 22.1. The van der Waals surface area contributed by atoms with Crippen LogP contribution in [0.2, 0.25) is 0 Å². The highest BCUT2D eigenvalue weighted by Crippen LogP contribution is 2.44. The van der Waals surface area contributed by atoms with Crippen LogP contribution in [0.4, 0.5) is 0 Å². The number of benzene rings is 1. The molecule has 0 unspecified atom stereocenters. The normalized spacial score (nSPS) is 23.6. The Hall–Kier alpha value is -1.95. The van der Waals surface area contributed by atoms with Crippen molar-refractivity contribution >= 4 is 34.5 Å². The summed E-state index contributed by atoms with van der Waals surface area (Å²) < 4.78 is 2.17. The number of carbonyl (C=O) groups is 2. The summed E-state index contributed by atoms with van der Waals surface area (Å²) in [6, 6.07) is 8.19. The number of thioether (sulfide) groups is 1. The maximum Gasteiger partial charge on any atom is 0.249 e. The van der Waals surface area contributed by atoms with Gasteiger partial charge in [0.1, 0.15) is 0 Å². The molecule has 0 bridgehead atoms. The molecule has 1 aromatic heterocycles. The van der Waals surface area contributed by atoms with Gasteiger partial charge in [0.2, 0.25) is 11.8 Å². The molecule has 1 aliphatic heterocycles. The maximum absolute atomic E-state index is 14.0. The molecular weight excluding hydrogens is 418 g/mol. The number of rotatable bonds is 3. The predicted octanol–water partition coefficient (Wildman–Crippen LogP) is 5.33. The molecule has 5 nitrogen and oxygen atoms in total. The van der Waals surface area contributed by atoms with Gasteiger partial charge in [-0.1, -0.05) is 63.1 Å². The quantitative estimate of drug-likeness (QED) is 0.640. The molecule has 172 valence electrons. The molecule has 0 radical (unpaired) electrons. The minimum absolute atomic E-state index is 0.0190. The number of para-hydroxylation sites is 1. The highest BCUT2D eigenvalue weighted by Gasteiger charge is 2.42. The van der Waals surface area contributed by atoms with Gasteiger partial charge in [-0.15, -0.1) is 11.8 Å². The lowest BCUT2D eigenvalue weighted by Gasteiger charge is -2.39. The number of hydrogen-bond donors (Lipinski definition) is 1. The second kappa shape index (κ2) is 9.50. The standard InChI is InChI=1S/C26H35N3O2S/c1-28-21-16-10-9-15-20(21)25-23(28)24(26(31)27-18-11-5-2-3-6-12-18)29(22(30)17-32-25)19-13-7-4-8-14-19/h9-10,15-16,18-19,24H,2-8,11-14,17H2,1H3,(H,27,31)/t24-/m0/s1. The van der Waals surface area contributed by atoms with Crippen molar-refractivity contribution in [3.63, 3.8) is 0 Å². The molecule has 2 saturated carbocycles. The van der Waals surface area contributed by atoms with Crippen molar-refractivity contribution in [2.45, 2.75) is 93.7 Å². The Morgan fingerprint density at radius 3 is 2.38 bits per heavy atom. The van der Waals surface area contributed by atoms with Crippen LogP contribution >= 0.6 is 11.8 Å². The van der Waals surface area contributed by atoms with Crippen molar-refractivity contribution in [2.75, 3.05) is 5.75 Å². The van der Waals surface area contributed by atoms with Crippen molar-refractivity contribution in [3.8, 4) is 0 Å². The average molecular weight is 454 g/mol. The van der Waals surface area contributed by atoms with Crippen LogP contribution in [0.3, 0.4) is 0 Å². The number of fused-ring (bicyclic) bond motifs is 3. The third kappa shape index (κ3) is 4.07. The van der Waals surface area contributed by atoms with Crippen LogP contribution in [-0.4, -0.2) is 39.1 Å². The molecule has 3 aliphatic rings. The Kier molecular flexibility index (Phi) is 6.49. The van der Waals surface area contributed by atoms with E-state index in [0.717, 1.165) is 60.0 Å². The van der Waals surface area contributed by atoms with E-state index >= 15 is 0 Å². The number of carbonyl (C=O) groups excluding carboxylic acids is 2. The van der Waals surface area contributed by atoms with Crippen LogP contribution in [0, 0.1) is 0 Å². The summed E-state index contributed by atoms with van der Waals surface area (Å²) in [5.74, 6) is 0.540. The molecule has 2 fully saturated rings. The van der Waals surface area contributed by atoms with Crippen LogP contribution in [0.5, 0.6) is 0 Å². The van der Waals surface area contributed by atoms with E-state index in [1.807, 2.05) is 4.90 Å². The van der Waals surface area contributed by atoms with Gasteiger partial charge in [-0.05, 0) is 31.7 Å². The third-order valence-electron chi connectivity index (χ3n) is 7.69. The van der Waals surface area contributed by atoms with Gasteiger partial charge >= 0.3 is 0 Å². The van der Waals surface area contributed by atoms with Crippen molar-refractivity contribution < 1.29 is 9.59 Å². The topological polar surface area (TPSA) is 54.3 Å². The minimum atomic E-state index is -0.545. The summed E-state index contributed by atoms with van der Waals surface area (Å²) in [7, 11) is 2.06. The van der Waals surface area contributed by atoms with E-state index in [1.165, 1.54) is 32.1 Å². The van der Waals surface area contributed by atoms with Gasteiger partial charge in [-0.3, -0.25) is 9.59 Å². The highest BCUT2D eigenvalue weighted by molar-refractivity contribution is 8.00. The molecule has 1 aromatic carbocycles. The smallest absolute Gasteiger partial charge is 0.249 e. The van der Waals surface area contributed by atoms with E-state index in [0.29, 0.717) is 5.75 Å². The lowest BCUT2D eigenvalue weighted by Crippen LogP contribution is -2.51. The SMILES string of the molecule is Cn1c2c(c3ccccc31)SCC(=O)N(C1CCCCC1)[C@@H]2C(=O)NC1CCCCCC1. The monoisotopic (exact) mass is 453 g/mol. The lowest BCUT2D eigenvalue weighted by molar-refractivity contribution is -0.143. The lowest BCUT2D eigenvalue weighted by atomic mass is 9.92. The molecular formula is C26H35N3O2S. The summed E-state index contributed by atoms with van der Waals surface area (Å²) in [5.41, 5.74) is 2.13. The number of aromatic nitrogens is 1. The first-order valence-corrected chi connectivity index (χ1v) is 13.5. The summed E-state index contributed by atoms with van der Waals surface area (Å²) in [6.07, 6.45) is 12.5. The Morgan fingerprint density at radius 2 is 1.62 bits per heavy atom. The molecule has 32 heavy (non-hydrogen) atoms. The summed E-state index contributed by atoms with van der Waals surface area (Å²) >= 11 is 1.61. The highest BCUT2D eigenvalue weighted by atomic mass is 32.2. The molecule has 5 rings (SSSR count). The Balaban J connectivity index is 1.58. The molecule has 2 aromatic rings. The zero-order valence-electron chi connectivity index (χ0n) is 19.1. The van der Waals surface area contributed by atoms with Gasteiger partial charge in [0.25, 0.3) is 0 Å². The van der Waals surface area contributed by atoms with Gasteiger partial charge in [0.15, 0.2) is 6.04 Å². The summed E-state index contributed by atoms with van der Waals surface area (Å²) in [5, 5.41) is 4.56. The van der Waals surface area contributed by atoms with E-state index in [4.69, 9.17) is 0 Å². The number of hydrogen-bond acceptors (Lipinski definition) is 3. The van der Waals surface area contributed by atoms with Gasteiger partial charge in [-0.25, -0.2) is 0 Å². The van der Waals surface area contributed by atoms with Crippen LogP contribution in [-0.2, 0) is 16.6 Å².